The summed E-state index contributed by atoms with van der Waals surface area (Å²) in [5, 5.41) is 0. The van der Waals surface area contributed by atoms with E-state index in [-0.39, 0.29) is 23.4 Å². The van der Waals surface area contributed by atoms with Gasteiger partial charge in [0.15, 0.2) is 11.5 Å². The summed E-state index contributed by atoms with van der Waals surface area (Å²) < 4.78 is 38.3. The molecule has 1 heterocycles. The minimum absolute atomic E-state index is 0.0317. The molecule has 9 heteroatoms. The highest BCUT2D eigenvalue weighted by molar-refractivity contribution is 9.10. The van der Waals surface area contributed by atoms with Crippen LogP contribution in [0.3, 0.4) is 0 Å². The van der Waals surface area contributed by atoms with Crippen molar-refractivity contribution in [3.8, 4) is 11.5 Å². The number of halogens is 1. The Morgan fingerprint density at radius 1 is 1.17 bits per heavy atom. The van der Waals surface area contributed by atoms with Gasteiger partial charge in [-0.2, -0.15) is 4.31 Å². The number of rotatable bonds is 6. The molecule has 1 aliphatic heterocycles. The first-order chi connectivity index (χ1) is 13.7. The molecule has 0 bridgehead atoms. The molecule has 7 nitrogen and oxygen atoms in total. The van der Waals surface area contributed by atoms with Crippen LogP contribution < -0.4 is 14.4 Å². The zero-order chi connectivity index (χ0) is 21.3. The normalized spacial score (nSPS) is 16.1. The number of fused-ring (bicyclic) bond motifs is 1. The lowest BCUT2D eigenvalue weighted by molar-refractivity contribution is -0.118. The quantitative estimate of drug-likeness (QED) is 0.632. The number of carbonyl (C=O) groups is 1. The smallest absolute Gasteiger partial charge is 0.243 e. The fourth-order valence-electron chi connectivity index (χ4n) is 3.49. The zero-order valence-corrected chi connectivity index (χ0v) is 19.1. The third-order valence-corrected chi connectivity index (χ3v) is 7.24. The summed E-state index contributed by atoms with van der Waals surface area (Å²) in [4.78, 5) is 14.7. The summed E-state index contributed by atoms with van der Waals surface area (Å²) in [5.41, 5.74) is 1.88. The molecule has 29 heavy (non-hydrogen) atoms. The second-order valence-electron chi connectivity index (χ2n) is 6.87. The second-order valence-corrected chi connectivity index (χ2v) is 9.83. The molecule has 1 atom stereocenters. The molecule has 0 radical (unpaired) electrons. The van der Waals surface area contributed by atoms with Gasteiger partial charge in [0, 0.05) is 29.3 Å². The van der Waals surface area contributed by atoms with E-state index in [1.165, 1.54) is 39.5 Å². The molecule has 0 saturated heterocycles. The average molecular weight is 483 g/mol. The van der Waals surface area contributed by atoms with Gasteiger partial charge in [0.25, 0.3) is 0 Å². The fourth-order valence-corrected chi connectivity index (χ4v) is 5.03. The first-order valence-electron chi connectivity index (χ1n) is 8.98. The Morgan fingerprint density at radius 2 is 1.86 bits per heavy atom. The molecule has 156 valence electrons. The van der Waals surface area contributed by atoms with E-state index in [0.717, 1.165) is 26.4 Å². The van der Waals surface area contributed by atoms with Crippen LogP contribution in [0, 0.1) is 0 Å². The Balaban J connectivity index is 1.83. The molecule has 0 fully saturated rings. The van der Waals surface area contributed by atoms with Crippen LogP contribution in [-0.4, -0.2) is 52.5 Å². The number of hydrogen-bond donors (Lipinski definition) is 0. The summed E-state index contributed by atoms with van der Waals surface area (Å²) >= 11 is 3.45. The minimum Gasteiger partial charge on any atom is -0.493 e. The summed E-state index contributed by atoms with van der Waals surface area (Å²) in [7, 11) is 0.429. The maximum Gasteiger partial charge on any atom is 0.243 e. The first-order valence-corrected chi connectivity index (χ1v) is 11.2. The lowest BCUT2D eigenvalue weighted by Crippen LogP contribution is -2.43. The van der Waals surface area contributed by atoms with E-state index in [2.05, 4.69) is 15.9 Å². The standard InChI is InChI=1S/C20H23BrN2O5S/c1-13-9-14-10-15(21)5-7-17(14)23(13)20(24)12-22(2)29(25,26)16-6-8-18(27-3)19(11-16)28-4/h5-8,10-11,13H,9,12H2,1-4H3. The molecule has 0 spiro atoms. The molecular formula is C20H23BrN2O5S. The Kier molecular flexibility index (Phi) is 6.21. The summed E-state index contributed by atoms with van der Waals surface area (Å²) in [5.74, 6) is 0.463. The van der Waals surface area contributed by atoms with Crippen LogP contribution in [0.25, 0.3) is 0 Å². The van der Waals surface area contributed by atoms with Crippen molar-refractivity contribution < 1.29 is 22.7 Å². The number of ether oxygens (including phenoxy) is 2. The second kappa shape index (κ2) is 8.33. The number of benzene rings is 2. The fraction of sp³-hybridized carbons (Fsp3) is 0.350. The Bertz CT molecular complexity index is 1040. The lowest BCUT2D eigenvalue weighted by Gasteiger charge is -2.25. The highest BCUT2D eigenvalue weighted by Gasteiger charge is 2.33. The van der Waals surface area contributed by atoms with E-state index in [1.54, 1.807) is 4.90 Å². The molecule has 2 aromatic rings. The van der Waals surface area contributed by atoms with Gasteiger partial charge in [-0.15, -0.1) is 0 Å². The van der Waals surface area contributed by atoms with Crippen molar-refractivity contribution in [2.45, 2.75) is 24.3 Å². The summed E-state index contributed by atoms with van der Waals surface area (Å²) in [6.45, 7) is 1.69. The highest BCUT2D eigenvalue weighted by atomic mass is 79.9. The number of sulfonamides is 1. The van der Waals surface area contributed by atoms with Crippen molar-refractivity contribution in [2.75, 3.05) is 32.7 Å². The maximum absolute atomic E-state index is 13.0. The summed E-state index contributed by atoms with van der Waals surface area (Å²) in [6.07, 6.45) is 0.729. The first kappa shape index (κ1) is 21.6. The van der Waals surface area contributed by atoms with Gasteiger partial charge in [-0.1, -0.05) is 15.9 Å². The Morgan fingerprint density at radius 3 is 2.52 bits per heavy atom. The van der Waals surface area contributed by atoms with Crippen molar-refractivity contribution in [1.29, 1.82) is 0 Å². The average Bonchev–Trinajstić information content (AvgIpc) is 3.01. The molecule has 0 aromatic heterocycles. The number of amides is 1. The van der Waals surface area contributed by atoms with E-state index in [9.17, 15) is 13.2 Å². The van der Waals surface area contributed by atoms with Gasteiger partial charge >= 0.3 is 0 Å². The predicted molar refractivity (Wildman–Crippen MR) is 114 cm³/mol. The van der Waals surface area contributed by atoms with Crippen LogP contribution in [-0.2, 0) is 21.2 Å². The van der Waals surface area contributed by atoms with Crippen molar-refractivity contribution in [3.63, 3.8) is 0 Å². The number of nitrogens with zero attached hydrogens (tertiary/aromatic N) is 2. The summed E-state index contributed by atoms with van der Waals surface area (Å²) in [6, 6.07) is 10.1. The van der Waals surface area contributed by atoms with Gasteiger partial charge < -0.3 is 14.4 Å². The molecule has 1 unspecified atom stereocenters. The monoisotopic (exact) mass is 482 g/mol. The van der Waals surface area contributed by atoms with Crippen molar-refractivity contribution in [3.05, 3.63) is 46.4 Å². The van der Waals surface area contributed by atoms with Crippen LogP contribution in [0.1, 0.15) is 12.5 Å². The van der Waals surface area contributed by atoms with E-state index < -0.39 is 10.0 Å². The minimum atomic E-state index is -3.88. The lowest BCUT2D eigenvalue weighted by atomic mass is 10.1. The SMILES string of the molecule is COc1ccc(S(=O)(=O)N(C)CC(=O)N2c3ccc(Br)cc3CC2C)cc1OC. The maximum atomic E-state index is 13.0. The highest BCUT2D eigenvalue weighted by Crippen LogP contribution is 2.35. The molecule has 1 aliphatic rings. The third-order valence-electron chi connectivity index (χ3n) is 4.95. The number of hydrogen-bond acceptors (Lipinski definition) is 5. The number of methoxy groups -OCH3 is 2. The number of likely N-dealkylation sites (N-methyl/N-ethyl adjacent to an activating group) is 1. The van der Waals surface area contributed by atoms with Gasteiger partial charge in [-0.25, -0.2) is 8.42 Å². The molecule has 0 aliphatic carbocycles. The van der Waals surface area contributed by atoms with Crippen molar-refractivity contribution in [1.82, 2.24) is 4.31 Å². The number of carbonyl (C=O) groups excluding carboxylic acids is 1. The molecule has 2 aromatic carbocycles. The molecule has 0 N–H and O–H groups in total. The van der Waals surface area contributed by atoms with E-state index in [1.807, 2.05) is 25.1 Å². The Hall–Kier alpha value is -2.10. The van der Waals surface area contributed by atoms with Gasteiger partial charge in [0.1, 0.15) is 0 Å². The van der Waals surface area contributed by atoms with E-state index >= 15 is 0 Å². The van der Waals surface area contributed by atoms with E-state index in [0.29, 0.717) is 11.5 Å². The van der Waals surface area contributed by atoms with Crippen LogP contribution in [0.4, 0.5) is 5.69 Å². The largest absolute Gasteiger partial charge is 0.493 e. The van der Waals surface area contributed by atoms with Crippen molar-refractivity contribution in [2.24, 2.45) is 0 Å². The predicted octanol–water partition coefficient (Wildman–Crippen LogP) is 3.06. The Labute approximate surface area is 179 Å². The topological polar surface area (TPSA) is 76.2 Å². The molecule has 1 amide bonds. The van der Waals surface area contributed by atoms with E-state index in [4.69, 9.17) is 9.47 Å². The van der Waals surface area contributed by atoms with Gasteiger partial charge in [-0.05, 0) is 49.2 Å². The van der Waals surface area contributed by atoms with Crippen LogP contribution in [0.2, 0.25) is 0 Å². The molecule has 0 saturated carbocycles. The van der Waals surface area contributed by atoms with Crippen molar-refractivity contribution >= 4 is 37.5 Å². The number of anilines is 1. The van der Waals surface area contributed by atoms with Gasteiger partial charge in [0.05, 0.1) is 25.7 Å². The molecule has 3 rings (SSSR count). The van der Waals surface area contributed by atoms with Crippen LogP contribution in [0.5, 0.6) is 11.5 Å². The zero-order valence-electron chi connectivity index (χ0n) is 16.7. The third kappa shape index (κ3) is 4.12. The van der Waals surface area contributed by atoms with Gasteiger partial charge in [0.2, 0.25) is 15.9 Å². The molecular weight excluding hydrogens is 460 g/mol. The van der Waals surface area contributed by atoms with Crippen LogP contribution in [0.15, 0.2) is 45.8 Å². The van der Waals surface area contributed by atoms with Crippen LogP contribution >= 0.6 is 15.9 Å². The van der Waals surface area contributed by atoms with Gasteiger partial charge in [-0.3, -0.25) is 4.79 Å².